The first-order valence-corrected chi connectivity index (χ1v) is 1.70. The molecule has 8 N–H and O–H groups in total. The standard InChI is InChI=1S/2BH4NO2/c2*2-1(3)4/h2*3-4H,2H2. The lowest BCUT2D eigenvalue weighted by Gasteiger charge is -1.71. The number of rotatable bonds is 0. The minimum atomic E-state index is -1.67. The summed E-state index contributed by atoms with van der Waals surface area (Å²) in [5, 5.41) is 29.6. The summed E-state index contributed by atoms with van der Waals surface area (Å²) in [6.45, 7) is 0. The molecule has 6 nitrogen and oxygen atoms in total. The van der Waals surface area contributed by atoms with Gasteiger partial charge in [0.2, 0.25) is 0 Å². The summed E-state index contributed by atoms with van der Waals surface area (Å²) >= 11 is 0. The molecule has 0 unspecified atom stereocenters. The van der Waals surface area contributed by atoms with Gasteiger partial charge in [-0.25, -0.2) is 0 Å². The fourth-order valence-corrected chi connectivity index (χ4v) is 0. The van der Waals surface area contributed by atoms with Gasteiger partial charge < -0.3 is 31.4 Å². The van der Waals surface area contributed by atoms with E-state index in [-0.39, 0.29) is 0 Å². The van der Waals surface area contributed by atoms with Crippen LogP contribution >= 0.6 is 0 Å². The minimum absolute atomic E-state index is 1.67. The third-order valence-electron chi connectivity index (χ3n) is 0. The van der Waals surface area contributed by atoms with E-state index in [1.54, 1.807) is 0 Å². The molecule has 0 bridgehead atoms. The number of hydrogen-bond donors (Lipinski definition) is 6. The molecule has 0 saturated heterocycles. The van der Waals surface area contributed by atoms with Crippen LogP contribution in [-0.2, 0) is 0 Å². The minimum Gasteiger partial charge on any atom is -0.413 e. The van der Waals surface area contributed by atoms with Crippen molar-refractivity contribution in [1.82, 2.24) is 0 Å². The summed E-state index contributed by atoms with van der Waals surface area (Å²) in [6.07, 6.45) is 0. The van der Waals surface area contributed by atoms with E-state index in [4.69, 9.17) is 20.1 Å². The van der Waals surface area contributed by atoms with Crippen molar-refractivity contribution in [3.05, 3.63) is 0 Å². The molecule has 0 aromatic heterocycles. The van der Waals surface area contributed by atoms with E-state index in [0.717, 1.165) is 0 Å². The van der Waals surface area contributed by atoms with Gasteiger partial charge in [0.1, 0.15) is 0 Å². The Labute approximate surface area is 47.1 Å². The highest BCUT2D eigenvalue weighted by Gasteiger charge is 1.88. The summed E-state index contributed by atoms with van der Waals surface area (Å²) in [6, 6.07) is 0. The molecule has 48 valence electrons. The Hall–Kier alpha value is -0.110. The molecule has 0 aliphatic rings. The van der Waals surface area contributed by atoms with E-state index in [1.807, 2.05) is 0 Å². The topological polar surface area (TPSA) is 133 Å². The number of hydrogen-bond acceptors (Lipinski definition) is 6. The van der Waals surface area contributed by atoms with Crippen LogP contribution in [0.2, 0.25) is 0 Å². The van der Waals surface area contributed by atoms with Crippen molar-refractivity contribution in [2.75, 3.05) is 0 Å². The third kappa shape index (κ3) is 11600. The Morgan fingerprint density at radius 3 is 0.750 bits per heavy atom. The van der Waals surface area contributed by atoms with E-state index in [9.17, 15) is 0 Å². The van der Waals surface area contributed by atoms with Crippen LogP contribution in [0.15, 0.2) is 0 Å². The summed E-state index contributed by atoms with van der Waals surface area (Å²) in [4.78, 5) is 0. The molecule has 0 aromatic carbocycles. The molecule has 0 fully saturated rings. The highest BCUT2D eigenvalue weighted by Crippen LogP contribution is 1.31. The van der Waals surface area contributed by atoms with E-state index in [0.29, 0.717) is 0 Å². The second-order valence-corrected chi connectivity index (χ2v) is 0.827. The van der Waals surface area contributed by atoms with Crippen molar-refractivity contribution in [1.29, 1.82) is 0 Å². The lowest BCUT2D eigenvalue weighted by atomic mass is 10.2. The van der Waals surface area contributed by atoms with Gasteiger partial charge in [0.25, 0.3) is 0 Å². The van der Waals surface area contributed by atoms with Crippen LogP contribution in [0.4, 0.5) is 0 Å². The van der Waals surface area contributed by atoms with Gasteiger partial charge in [-0.05, 0) is 0 Å². The molecule has 0 aromatic rings. The quantitative estimate of drug-likeness (QED) is 0.180. The van der Waals surface area contributed by atoms with Crippen LogP contribution in [-0.4, -0.2) is 34.6 Å². The van der Waals surface area contributed by atoms with Crippen LogP contribution in [0, 0.1) is 0 Å². The fraction of sp³-hybridized carbons (Fsp3) is 0. The molecule has 0 rings (SSSR count). The van der Waals surface area contributed by atoms with Gasteiger partial charge in [0, 0.05) is 0 Å². The Kier molecular flexibility index (Phi) is 9.30. The van der Waals surface area contributed by atoms with E-state index in [1.165, 1.54) is 0 Å². The lowest BCUT2D eigenvalue weighted by molar-refractivity contribution is 0.408. The third-order valence-corrected chi connectivity index (χ3v) is 0. The lowest BCUT2D eigenvalue weighted by Crippen LogP contribution is -2.23. The SMILES string of the molecule is NB(O)O.NB(O)O. The first kappa shape index (κ1) is 10.8. The molecule has 0 spiro atoms. The fourth-order valence-electron chi connectivity index (χ4n) is 0. The zero-order valence-corrected chi connectivity index (χ0v) is 4.10. The van der Waals surface area contributed by atoms with Crippen molar-refractivity contribution in [3.8, 4) is 0 Å². The molecule has 0 amide bonds. The Morgan fingerprint density at radius 2 is 0.750 bits per heavy atom. The van der Waals surface area contributed by atoms with Gasteiger partial charge in [-0.15, -0.1) is 0 Å². The number of nitrogens with two attached hydrogens (primary N) is 2. The zero-order chi connectivity index (χ0) is 7.15. The largest absolute Gasteiger partial charge is 0.546 e. The first-order chi connectivity index (χ1) is 3.46. The second-order valence-electron chi connectivity index (χ2n) is 0.827. The van der Waals surface area contributed by atoms with Gasteiger partial charge in [-0.1, -0.05) is 0 Å². The molecule has 0 aliphatic heterocycles. The monoisotopic (exact) mass is 122 g/mol. The molecule has 0 atom stereocenters. The maximum Gasteiger partial charge on any atom is 0.546 e. The normalized spacial score (nSPS) is 6.75. The smallest absolute Gasteiger partial charge is 0.413 e. The van der Waals surface area contributed by atoms with Gasteiger partial charge in [-0.3, -0.25) is 0 Å². The van der Waals surface area contributed by atoms with E-state index >= 15 is 0 Å². The van der Waals surface area contributed by atoms with E-state index < -0.39 is 14.5 Å². The zero-order valence-electron chi connectivity index (χ0n) is 4.10. The molecular formula is H8B2N2O4. The molecule has 0 radical (unpaired) electrons. The molecule has 0 heterocycles. The van der Waals surface area contributed by atoms with Crippen LogP contribution in [0.1, 0.15) is 0 Å². The highest BCUT2D eigenvalue weighted by atomic mass is 16.4. The van der Waals surface area contributed by atoms with Gasteiger partial charge in [0.05, 0.1) is 0 Å². The van der Waals surface area contributed by atoms with Gasteiger partial charge in [-0.2, -0.15) is 0 Å². The van der Waals surface area contributed by atoms with Crippen LogP contribution in [0.5, 0.6) is 0 Å². The Bertz CT molecular complexity index is 27.5. The molecular weight excluding hydrogens is 114 g/mol. The summed E-state index contributed by atoms with van der Waals surface area (Å²) in [5.74, 6) is 0. The van der Waals surface area contributed by atoms with Gasteiger partial charge in [0.15, 0.2) is 0 Å². The maximum atomic E-state index is 7.39. The summed E-state index contributed by atoms with van der Waals surface area (Å²) in [5.41, 5.74) is 8.44. The molecule has 0 saturated carbocycles. The Balaban J connectivity index is 0. The molecule has 0 aliphatic carbocycles. The average Bonchev–Trinajstić information content (AvgIpc) is 1.25. The molecule has 8 heavy (non-hydrogen) atoms. The second kappa shape index (κ2) is 6.89. The van der Waals surface area contributed by atoms with Crippen molar-refractivity contribution < 1.29 is 20.1 Å². The van der Waals surface area contributed by atoms with E-state index in [2.05, 4.69) is 11.3 Å². The Morgan fingerprint density at radius 1 is 0.750 bits per heavy atom. The van der Waals surface area contributed by atoms with Crippen LogP contribution in [0.3, 0.4) is 0 Å². The van der Waals surface area contributed by atoms with Crippen molar-refractivity contribution in [2.24, 2.45) is 11.3 Å². The highest BCUT2D eigenvalue weighted by molar-refractivity contribution is 6.36. The summed E-state index contributed by atoms with van der Waals surface area (Å²) < 4.78 is 0. The van der Waals surface area contributed by atoms with Crippen molar-refractivity contribution in [3.63, 3.8) is 0 Å². The van der Waals surface area contributed by atoms with Crippen LogP contribution < -0.4 is 11.3 Å². The van der Waals surface area contributed by atoms with Crippen molar-refractivity contribution in [2.45, 2.75) is 0 Å². The predicted molar refractivity (Wildman–Crippen MR) is 28.8 cm³/mol. The van der Waals surface area contributed by atoms with Gasteiger partial charge >= 0.3 is 14.5 Å². The summed E-state index contributed by atoms with van der Waals surface area (Å²) in [7, 11) is -3.33. The van der Waals surface area contributed by atoms with Crippen molar-refractivity contribution >= 4 is 14.5 Å². The molecule has 8 heteroatoms. The maximum absolute atomic E-state index is 7.39. The average molecular weight is 122 g/mol. The predicted octanol–water partition coefficient (Wildman–Crippen LogP) is -4.17. The first-order valence-electron chi connectivity index (χ1n) is 1.70. The van der Waals surface area contributed by atoms with Crippen LogP contribution in [0.25, 0.3) is 0 Å².